The second-order valence-corrected chi connectivity index (χ2v) is 11.0. The average molecular weight is 380 g/mol. The molecule has 0 aliphatic carbocycles. The Morgan fingerprint density at radius 2 is 1.80 bits per heavy atom. The second kappa shape index (κ2) is 8.65. The number of sulfonamides is 1. The van der Waals surface area contributed by atoms with Gasteiger partial charge >= 0.3 is 0 Å². The normalized spacial score (nSPS) is 22.4. The minimum absolute atomic E-state index is 0.0256. The van der Waals surface area contributed by atoms with Gasteiger partial charge in [0, 0.05) is 18.7 Å². The molecule has 1 unspecified atom stereocenters. The molecule has 150 valence electrons. The Kier molecular flexibility index (Phi) is 7.90. The lowest BCUT2D eigenvalue weighted by molar-refractivity contribution is -0.106. The molecule has 1 heterocycles. The van der Waals surface area contributed by atoms with Crippen LogP contribution in [0, 0.1) is 5.41 Å². The highest BCUT2D eigenvalue weighted by atomic mass is 32.2. The summed E-state index contributed by atoms with van der Waals surface area (Å²) in [5, 5.41) is 0. The third-order valence-electron chi connectivity index (χ3n) is 4.54. The van der Waals surface area contributed by atoms with Crippen LogP contribution in [0.15, 0.2) is 0 Å². The van der Waals surface area contributed by atoms with E-state index in [0.29, 0.717) is 19.8 Å². The molecule has 0 aromatic rings. The Morgan fingerprint density at radius 3 is 2.20 bits per heavy atom. The highest BCUT2D eigenvalue weighted by molar-refractivity contribution is 7.88. The van der Waals surface area contributed by atoms with Gasteiger partial charge in [-0.1, -0.05) is 20.8 Å². The number of hydrogen-bond acceptors (Lipinski definition) is 5. The second-order valence-electron chi connectivity index (χ2n) is 9.05. The lowest BCUT2D eigenvalue weighted by Gasteiger charge is -2.38. The van der Waals surface area contributed by atoms with Crippen molar-refractivity contribution >= 4 is 10.0 Å². The van der Waals surface area contributed by atoms with Crippen LogP contribution in [-0.4, -0.2) is 69.2 Å². The molecule has 7 heteroatoms. The van der Waals surface area contributed by atoms with Crippen LogP contribution in [0.5, 0.6) is 0 Å². The molecule has 0 radical (unpaired) electrons. The van der Waals surface area contributed by atoms with Crippen molar-refractivity contribution in [2.24, 2.45) is 5.41 Å². The summed E-state index contributed by atoms with van der Waals surface area (Å²) in [6.45, 7) is 16.0. The molecule has 0 spiro atoms. The number of rotatable bonds is 8. The maximum absolute atomic E-state index is 12.3. The van der Waals surface area contributed by atoms with E-state index in [4.69, 9.17) is 14.2 Å². The molecule has 1 fully saturated rings. The van der Waals surface area contributed by atoms with Gasteiger partial charge < -0.3 is 14.2 Å². The topological polar surface area (TPSA) is 65.1 Å². The lowest BCUT2D eigenvalue weighted by Crippen LogP contribution is -2.51. The Balaban J connectivity index is 2.86. The highest BCUT2D eigenvalue weighted by Crippen LogP contribution is 2.25. The number of hydrogen-bond donors (Lipinski definition) is 0. The van der Waals surface area contributed by atoms with Crippen LogP contribution in [-0.2, 0) is 24.2 Å². The van der Waals surface area contributed by atoms with Crippen molar-refractivity contribution in [3.63, 3.8) is 0 Å². The molecule has 0 aromatic heterocycles. The molecule has 0 saturated carbocycles. The first-order valence-electron chi connectivity index (χ1n) is 9.04. The van der Waals surface area contributed by atoms with Crippen LogP contribution < -0.4 is 0 Å². The summed E-state index contributed by atoms with van der Waals surface area (Å²) in [6.07, 6.45) is 1.83. The maximum atomic E-state index is 12.3. The Labute approximate surface area is 154 Å². The molecule has 1 aliphatic rings. The van der Waals surface area contributed by atoms with Crippen LogP contribution in [0.1, 0.15) is 54.9 Å². The van der Waals surface area contributed by atoms with Crippen molar-refractivity contribution in [2.75, 3.05) is 32.6 Å². The molecular formula is C18H37NO5S. The molecule has 0 aromatic carbocycles. The molecule has 1 aliphatic heterocycles. The Hall–Kier alpha value is -0.210. The van der Waals surface area contributed by atoms with Gasteiger partial charge in [0.1, 0.15) is 0 Å². The van der Waals surface area contributed by atoms with E-state index in [-0.39, 0.29) is 30.3 Å². The molecule has 1 saturated heterocycles. The van der Waals surface area contributed by atoms with Crippen LogP contribution in [0.2, 0.25) is 0 Å². The summed E-state index contributed by atoms with van der Waals surface area (Å²) in [6, 6.07) is 0. The zero-order valence-corrected chi connectivity index (χ0v) is 18.0. The van der Waals surface area contributed by atoms with Crippen molar-refractivity contribution in [1.82, 2.24) is 4.31 Å². The molecule has 0 amide bonds. The molecule has 3 atom stereocenters. The monoisotopic (exact) mass is 379 g/mol. The van der Waals surface area contributed by atoms with E-state index < -0.39 is 15.6 Å². The fourth-order valence-corrected chi connectivity index (χ4v) is 4.04. The van der Waals surface area contributed by atoms with Gasteiger partial charge in [0.05, 0.1) is 37.8 Å². The van der Waals surface area contributed by atoms with Gasteiger partial charge in [-0.05, 0) is 39.5 Å². The van der Waals surface area contributed by atoms with E-state index in [9.17, 15) is 8.42 Å². The Bertz CT molecular complexity index is 501. The molecule has 0 bridgehead atoms. The lowest BCUT2D eigenvalue weighted by atomic mass is 9.90. The first-order valence-corrected chi connectivity index (χ1v) is 10.9. The fourth-order valence-electron chi connectivity index (χ4n) is 2.61. The molecule has 6 nitrogen and oxygen atoms in total. The summed E-state index contributed by atoms with van der Waals surface area (Å²) in [4.78, 5) is 0. The average Bonchev–Trinajstić information content (AvgIpc) is 2.90. The highest BCUT2D eigenvalue weighted by Gasteiger charge is 2.34. The van der Waals surface area contributed by atoms with Crippen molar-refractivity contribution in [2.45, 2.75) is 78.7 Å². The largest absolute Gasteiger partial charge is 0.379 e. The van der Waals surface area contributed by atoms with Crippen molar-refractivity contribution in [1.29, 1.82) is 0 Å². The fraction of sp³-hybridized carbons (Fsp3) is 1.00. The summed E-state index contributed by atoms with van der Waals surface area (Å²) in [5.74, 6) is 0. The van der Waals surface area contributed by atoms with E-state index in [1.54, 1.807) is 0 Å². The van der Waals surface area contributed by atoms with E-state index in [1.165, 1.54) is 10.6 Å². The van der Waals surface area contributed by atoms with Gasteiger partial charge in [-0.2, -0.15) is 4.31 Å². The summed E-state index contributed by atoms with van der Waals surface area (Å²) >= 11 is 0. The zero-order valence-electron chi connectivity index (χ0n) is 17.2. The molecule has 0 N–H and O–H groups in total. The SMILES string of the molecule is C[C@H](OC(CO[C@@H]1CCOC1)CN(C(C)(C)C)S(C)(=O)=O)C(C)(C)C. The van der Waals surface area contributed by atoms with Crippen LogP contribution in [0.4, 0.5) is 0 Å². The quantitative estimate of drug-likeness (QED) is 0.649. The summed E-state index contributed by atoms with van der Waals surface area (Å²) in [7, 11) is -3.35. The summed E-state index contributed by atoms with van der Waals surface area (Å²) in [5.41, 5.74) is -0.553. The molecule has 25 heavy (non-hydrogen) atoms. The summed E-state index contributed by atoms with van der Waals surface area (Å²) < 4.78 is 43.5. The predicted molar refractivity (Wildman–Crippen MR) is 100 cm³/mol. The van der Waals surface area contributed by atoms with Crippen molar-refractivity contribution < 1.29 is 22.6 Å². The molecular weight excluding hydrogens is 342 g/mol. The maximum Gasteiger partial charge on any atom is 0.211 e. The number of nitrogens with zero attached hydrogens (tertiary/aromatic N) is 1. The van der Waals surface area contributed by atoms with Crippen molar-refractivity contribution in [3.05, 3.63) is 0 Å². The molecule has 1 rings (SSSR count). The minimum Gasteiger partial charge on any atom is -0.379 e. The van der Waals surface area contributed by atoms with Crippen LogP contribution in [0.3, 0.4) is 0 Å². The third-order valence-corrected chi connectivity index (χ3v) is 6.04. The van der Waals surface area contributed by atoms with Crippen molar-refractivity contribution in [3.8, 4) is 0 Å². The van der Waals surface area contributed by atoms with E-state index >= 15 is 0 Å². The first kappa shape index (κ1) is 22.8. The van der Waals surface area contributed by atoms with Gasteiger partial charge in [-0.3, -0.25) is 0 Å². The minimum atomic E-state index is -3.35. The van der Waals surface area contributed by atoms with Gasteiger partial charge in [0.25, 0.3) is 0 Å². The zero-order chi connectivity index (χ0) is 19.5. The van der Waals surface area contributed by atoms with E-state index in [1.807, 2.05) is 27.7 Å². The van der Waals surface area contributed by atoms with Gasteiger partial charge in [0.2, 0.25) is 10.0 Å². The van der Waals surface area contributed by atoms with Gasteiger partial charge in [-0.25, -0.2) is 8.42 Å². The van der Waals surface area contributed by atoms with E-state index in [2.05, 4.69) is 20.8 Å². The van der Waals surface area contributed by atoms with E-state index in [0.717, 1.165) is 6.42 Å². The third kappa shape index (κ3) is 7.91. The first-order chi connectivity index (χ1) is 11.2. The smallest absolute Gasteiger partial charge is 0.211 e. The van der Waals surface area contributed by atoms with Gasteiger partial charge in [0.15, 0.2) is 0 Å². The standard InChI is InChI=1S/C18H37NO5S/c1-14(17(2,3)4)24-16(13-23-15-9-10-22-12-15)11-19(18(5,6)7)25(8,20)21/h14-16H,9-13H2,1-8H3/t14-,15+,16?/m0/s1. The Morgan fingerprint density at radius 1 is 1.20 bits per heavy atom. The number of ether oxygens (including phenoxy) is 3. The predicted octanol–water partition coefficient (Wildman–Crippen LogP) is 2.67. The van der Waals surface area contributed by atoms with Gasteiger partial charge in [-0.15, -0.1) is 0 Å². The van der Waals surface area contributed by atoms with Crippen LogP contribution in [0.25, 0.3) is 0 Å². The van der Waals surface area contributed by atoms with Crippen LogP contribution >= 0.6 is 0 Å².